The lowest BCUT2D eigenvalue weighted by molar-refractivity contribution is 0.495. The van der Waals surface area contributed by atoms with Gasteiger partial charge in [0.1, 0.15) is 23.2 Å². The van der Waals surface area contributed by atoms with Gasteiger partial charge in [0.05, 0.1) is 6.26 Å². The fourth-order valence-corrected chi connectivity index (χ4v) is 2.12. The highest BCUT2D eigenvalue weighted by atomic mass is 16.3. The molecule has 0 radical (unpaired) electrons. The van der Waals surface area contributed by atoms with Crippen LogP contribution in [0.2, 0.25) is 0 Å². The Morgan fingerprint density at radius 1 is 1.29 bits per heavy atom. The van der Waals surface area contributed by atoms with Crippen LogP contribution in [0.4, 0.5) is 11.6 Å². The molecule has 0 fully saturated rings. The van der Waals surface area contributed by atoms with Crippen LogP contribution in [0.25, 0.3) is 0 Å². The van der Waals surface area contributed by atoms with Gasteiger partial charge in [-0.25, -0.2) is 9.97 Å². The molecule has 0 saturated carbocycles. The Balaban J connectivity index is 1.90. The molecule has 5 nitrogen and oxygen atoms in total. The zero-order valence-corrected chi connectivity index (χ0v) is 13.0. The molecule has 1 atom stereocenters. The van der Waals surface area contributed by atoms with Gasteiger partial charge < -0.3 is 15.1 Å². The average Bonchev–Trinajstić information content (AvgIpc) is 2.95. The maximum atomic E-state index is 5.35. The normalized spacial score (nSPS) is 12.1. The zero-order chi connectivity index (χ0) is 15.1. The molecule has 2 aromatic rings. The first kappa shape index (κ1) is 15.4. The fraction of sp³-hybridized carbons (Fsp3) is 0.500. The molecule has 0 spiro atoms. The van der Waals surface area contributed by atoms with E-state index in [1.54, 1.807) is 6.26 Å². The van der Waals surface area contributed by atoms with E-state index in [9.17, 15) is 0 Å². The van der Waals surface area contributed by atoms with E-state index in [0.29, 0.717) is 6.04 Å². The van der Waals surface area contributed by atoms with Gasteiger partial charge in [-0.05, 0) is 38.8 Å². The Hall–Kier alpha value is -2.04. The fourth-order valence-electron chi connectivity index (χ4n) is 2.12. The van der Waals surface area contributed by atoms with E-state index >= 15 is 0 Å². The number of aromatic nitrogens is 2. The number of anilines is 2. The molecule has 2 heterocycles. The summed E-state index contributed by atoms with van der Waals surface area (Å²) in [5.74, 6) is 3.54. The summed E-state index contributed by atoms with van der Waals surface area (Å²) >= 11 is 0. The SMILES string of the molecule is CCCNc1cc(NC(C)CCc2ccco2)nc(C)n1. The molecule has 5 heteroatoms. The minimum atomic E-state index is 0.323. The monoisotopic (exact) mass is 288 g/mol. The Kier molecular flexibility index (Phi) is 5.60. The number of furan rings is 1. The van der Waals surface area contributed by atoms with Crippen molar-refractivity contribution in [2.45, 2.75) is 46.1 Å². The van der Waals surface area contributed by atoms with E-state index in [0.717, 1.165) is 49.0 Å². The molecule has 0 aromatic carbocycles. The Morgan fingerprint density at radius 3 is 2.81 bits per heavy atom. The Bertz CT molecular complexity index is 539. The van der Waals surface area contributed by atoms with Crippen LogP contribution in [0.5, 0.6) is 0 Å². The van der Waals surface area contributed by atoms with E-state index in [1.807, 2.05) is 25.1 Å². The quantitative estimate of drug-likeness (QED) is 0.776. The molecule has 0 saturated heterocycles. The number of rotatable bonds is 8. The van der Waals surface area contributed by atoms with Crippen LogP contribution in [0, 0.1) is 6.92 Å². The highest BCUT2D eigenvalue weighted by Gasteiger charge is 2.07. The first-order valence-electron chi connectivity index (χ1n) is 7.56. The predicted octanol–water partition coefficient (Wildman–Crippen LogP) is 3.63. The van der Waals surface area contributed by atoms with E-state index in [2.05, 4.69) is 34.4 Å². The van der Waals surface area contributed by atoms with Gasteiger partial charge in [0.25, 0.3) is 0 Å². The number of hydrogen-bond acceptors (Lipinski definition) is 5. The van der Waals surface area contributed by atoms with E-state index in [1.165, 1.54) is 0 Å². The largest absolute Gasteiger partial charge is 0.469 e. The van der Waals surface area contributed by atoms with Crippen molar-refractivity contribution in [2.75, 3.05) is 17.2 Å². The number of nitrogens with one attached hydrogen (secondary N) is 2. The molecule has 2 N–H and O–H groups in total. The van der Waals surface area contributed by atoms with Gasteiger partial charge in [0.15, 0.2) is 0 Å². The number of aryl methyl sites for hydroxylation is 2. The maximum Gasteiger partial charge on any atom is 0.132 e. The van der Waals surface area contributed by atoms with Gasteiger partial charge in [0.2, 0.25) is 0 Å². The van der Waals surface area contributed by atoms with Crippen LogP contribution in [0.3, 0.4) is 0 Å². The molecule has 21 heavy (non-hydrogen) atoms. The van der Waals surface area contributed by atoms with E-state index in [4.69, 9.17) is 4.42 Å². The first-order chi connectivity index (χ1) is 10.2. The molecule has 0 amide bonds. The molecular formula is C16H24N4O. The Morgan fingerprint density at radius 2 is 2.10 bits per heavy atom. The summed E-state index contributed by atoms with van der Waals surface area (Å²) in [7, 11) is 0. The summed E-state index contributed by atoms with van der Waals surface area (Å²) in [6.07, 6.45) is 4.71. The third kappa shape index (κ3) is 5.10. The second-order valence-electron chi connectivity index (χ2n) is 5.28. The third-order valence-electron chi connectivity index (χ3n) is 3.19. The highest BCUT2D eigenvalue weighted by molar-refractivity contribution is 5.47. The summed E-state index contributed by atoms with van der Waals surface area (Å²) in [4.78, 5) is 8.83. The molecule has 0 aliphatic carbocycles. The molecule has 0 bridgehead atoms. The summed E-state index contributed by atoms with van der Waals surface area (Å²) in [6, 6.07) is 6.22. The molecule has 1 unspecified atom stereocenters. The Labute approximate surface area is 126 Å². The van der Waals surface area contributed by atoms with Crippen molar-refractivity contribution in [1.82, 2.24) is 9.97 Å². The summed E-state index contributed by atoms with van der Waals surface area (Å²) in [6.45, 7) is 7.12. The lowest BCUT2D eigenvalue weighted by Gasteiger charge is -2.15. The van der Waals surface area contributed by atoms with Gasteiger partial charge in [-0.1, -0.05) is 6.92 Å². The van der Waals surface area contributed by atoms with Crippen molar-refractivity contribution in [1.29, 1.82) is 0 Å². The van der Waals surface area contributed by atoms with Crippen molar-refractivity contribution >= 4 is 11.6 Å². The maximum absolute atomic E-state index is 5.35. The van der Waals surface area contributed by atoms with Crippen LogP contribution in [0.15, 0.2) is 28.9 Å². The van der Waals surface area contributed by atoms with Crippen LogP contribution >= 0.6 is 0 Å². The highest BCUT2D eigenvalue weighted by Crippen LogP contribution is 2.14. The van der Waals surface area contributed by atoms with Gasteiger partial charge in [-0.15, -0.1) is 0 Å². The van der Waals surface area contributed by atoms with Gasteiger partial charge in [0, 0.05) is 25.1 Å². The number of hydrogen-bond donors (Lipinski definition) is 2. The zero-order valence-electron chi connectivity index (χ0n) is 13.0. The van der Waals surface area contributed by atoms with Crippen molar-refractivity contribution in [3.05, 3.63) is 36.0 Å². The smallest absolute Gasteiger partial charge is 0.132 e. The third-order valence-corrected chi connectivity index (χ3v) is 3.19. The lowest BCUT2D eigenvalue weighted by Crippen LogP contribution is -2.17. The van der Waals surface area contributed by atoms with E-state index in [-0.39, 0.29) is 0 Å². The second-order valence-corrected chi connectivity index (χ2v) is 5.28. The van der Waals surface area contributed by atoms with Crippen molar-refractivity contribution < 1.29 is 4.42 Å². The molecular weight excluding hydrogens is 264 g/mol. The topological polar surface area (TPSA) is 63.0 Å². The summed E-state index contributed by atoms with van der Waals surface area (Å²) in [5, 5.41) is 6.73. The first-order valence-corrected chi connectivity index (χ1v) is 7.56. The van der Waals surface area contributed by atoms with Crippen LogP contribution < -0.4 is 10.6 Å². The van der Waals surface area contributed by atoms with E-state index < -0.39 is 0 Å². The van der Waals surface area contributed by atoms with Crippen LogP contribution in [-0.2, 0) is 6.42 Å². The van der Waals surface area contributed by atoms with Gasteiger partial charge >= 0.3 is 0 Å². The minimum absolute atomic E-state index is 0.323. The minimum Gasteiger partial charge on any atom is -0.469 e. The molecule has 0 aliphatic rings. The number of nitrogens with zero attached hydrogens (tertiary/aromatic N) is 2. The molecule has 2 aromatic heterocycles. The summed E-state index contributed by atoms with van der Waals surface area (Å²) < 4.78 is 5.35. The second kappa shape index (κ2) is 7.67. The molecule has 2 rings (SSSR count). The van der Waals surface area contributed by atoms with Crippen LogP contribution in [0.1, 0.15) is 38.3 Å². The standard InChI is InChI=1S/C16H24N4O/c1-4-9-17-15-11-16(20-13(3)19-15)18-12(2)7-8-14-6-5-10-21-14/h5-6,10-12H,4,7-9H2,1-3H3,(H2,17,18,19,20). The van der Waals surface area contributed by atoms with Crippen molar-refractivity contribution in [3.8, 4) is 0 Å². The average molecular weight is 288 g/mol. The van der Waals surface area contributed by atoms with Crippen LogP contribution in [-0.4, -0.2) is 22.6 Å². The van der Waals surface area contributed by atoms with Gasteiger partial charge in [-0.2, -0.15) is 0 Å². The summed E-state index contributed by atoms with van der Waals surface area (Å²) in [5.41, 5.74) is 0. The van der Waals surface area contributed by atoms with Crippen molar-refractivity contribution in [2.24, 2.45) is 0 Å². The van der Waals surface area contributed by atoms with Gasteiger partial charge in [-0.3, -0.25) is 0 Å². The molecule has 0 aliphatic heterocycles. The predicted molar refractivity (Wildman–Crippen MR) is 85.7 cm³/mol. The van der Waals surface area contributed by atoms with Crippen molar-refractivity contribution in [3.63, 3.8) is 0 Å². The lowest BCUT2D eigenvalue weighted by atomic mass is 10.1. The molecule has 114 valence electrons.